The molecule has 6 nitrogen and oxygen atoms in total. The molecule has 4 atom stereocenters. The van der Waals surface area contributed by atoms with Crippen LogP contribution in [-0.4, -0.2) is 35.1 Å². The summed E-state index contributed by atoms with van der Waals surface area (Å²) < 4.78 is 5.47. The van der Waals surface area contributed by atoms with Crippen LogP contribution in [-0.2, 0) is 24.0 Å². The van der Waals surface area contributed by atoms with Gasteiger partial charge in [0, 0.05) is 6.08 Å². The number of amides is 2. The molecule has 0 radical (unpaired) electrons. The molecule has 2 amide bonds. The lowest BCUT2D eigenvalue weighted by molar-refractivity contribution is -0.196. The fraction of sp³-hybridized carbons (Fsp3) is 0.462. The number of carbonyl (C=O) groups excluding carboxylic acids is 3. The van der Waals surface area contributed by atoms with Gasteiger partial charge in [-0.05, 0) is 13.8 Å². The lowest BCUT2D eigenvalue weighted by Crippen LogP contribution is -2.36. The molecule has 3 aliphatic heterocycles. The van der Waals surface area contributed by atoms with E-state index in [0.717, 1.165) is 5.57 Å². The smallest absolute Gasteiger partial charge is 0.356 e. The van der Waals surface area contributed by atoms with E-state index in [1.54, 1.807) is 26.0 Å². The molecule has 6 heteroatoms. The van der Waals surface area contributed by atoms with Gasteiger partial charge in [-0.3, -0.25) is 9.59 Å². The van der Waals surface area contributed by atoms with Crippen LogP contribution in [0.2, 0.25) is 0 Å². The number of hydrogen-bond acceptors (Lipinski definition) is 5. The Kier molecular flexibility index (Phi) is 2.56. The molecule has 2 saturated heterocycles. The second-order valence-electron chi connectivity index (χ2n) is 5.10. The summed E-state index contributed by atoms with van der Waals surface area (Å²) in [5, 5.41) is 0.590. The predicted molar refractivity (Wildman–Crippen MR) is 62.2 cm³/mol. The molecule has 2 fully saturated rings. The highest BCUT2D eigenvalue weighted by molar-refractivity contribution is 6.06. The van der Waals surface area contributed by atoms with Gasteiger partial charge >= 0.3 is 5.97 Å². The minimum Gasteiger partial charge on any atom is -0.365 e. The van der Waals surface area contributed by atoms with E-state index in [-0.39, 0.29) is 12.2 Å². The number of carbonyl (C=O) groups is 3. The van der Waals surface area contributed by atoms with Gasteiger partial charge in [-0.15, -0.1) is 5.06 Å². The van der Waals surface area contributed by atoms with E-state index in [2.05, 4.69) is 0 Å². The van der Waals surface area contributed by atoms with Gasteiger partial charge in [-0.2, -0.15) is 0 Å². The SMILES string of the molecule is CC(C)=CC(=O)ON1C(=O)[C@H]2[C@H](C1=O)[C@H]1C=C[C@H]2O1. The first kappa shape index (κ1) is 12.1. The Morgan fingerprint density at radius 1 is 1.21 bits per heavy atom. The van der Waals surface area contributed by atoms with Crippen LogP contribution in [0.25, 0.3) is 0 Å². The van der Waals surface area contributed by atoms with Crippen molar-refractivity contribution >= 4 is 17.8 Å². The van der Waals surface area contributed by atoms with Gasteiger partial charge in [0.25, 0.3) is 11.8 Å². The highest BCUT2D eigenvalue weighted by Gasteiger charge is 2.62. The average molecular weight is 263 g/mol. The lowest BCUT2D eigenvalue weighted by atomic mass is 9.85. The normalized spacial score (nSPS) is 34.7. The molecule has 3 aliphatic rings. The van der Waals surface area contributed by atoms with Crippen LogP contribution >= 0.6 is 0 Å². The van der Waals surface area contributed by atoms with Crippen molar-refractivity contribution in [2.75, 3.05) is 0 Å². The number of ether oxygens (including phenoxy) is 1. The molecular formula is C13H13NO5. The van der Waals surface area contributed by atoms with Crippen molar-refractivity contribution in [2.24, 2.45) is 11.8 Å². The minimum absolute atomic E-state index is 0.376. The number of hydroxylamine groups is 2. The number of imide groups is 1. The van der Waals surface area contributed by atoms with Crippen molar-refractivity contribution < 1.29 is 24.0 Å². The number of nitrogens with zero attached hydrogens (tertiary/aromatic N) is 1. The third-order valence-corrected chi connectivity index (χ3v) is 3.46. The Balaban J connectivity index is 1.79. The predicted octanol–water partition coefficient (Wildman–Crippen LogP) is 0.349. The van der Waals surface area contributed by atoms with Crippen molar-refractivity contribution in [2.45, 2.75) is 26.1 Å². The van der Waals surface area contributed by atoms with Crippen LogP contribution in [0.4, 0.5) is 0 Å². The Hall–Kier alpha value is -1.95. The zero-order chi connectivity index (χ0) is 13.7. The molecule has 3 rings (SSSR count). The van der Waals surface area contributed by atoms with Gasteiger partial charge in [-0.1, -0.05) is 17.7 Å². The van der Waals surface area contributed by atoms with Gasteiger partial charge in [0.05, 0.1) is 24.0 Å². The molecule has 0 unspecified atom stereocenters. The largest absolute Gasteiger partial charge is 0.365 e. The van der Waals surface area contributed by atoms with Gasteiger partial charge in [0.1, 0.15) is 0 Å². The summed E-state index contributed by atoms with van der Waals surface area (Å²) in [4.78, 5) is 40.6. The second kappa shape index (κ2) is 4.03. The van der Waals surface area contributed by atoms with E-state index in [1.807, 2.05) is 0 Å². The first-order chi connectivity index (χ1) is 8.99. The number of allylic oxidation sites excluding steroid dienone is 1. The number of hydrogen-bond donors (Lipinski definition) is 0. The molecule has 0 N–H and O–H groups in total. The molecule has 0 aromatic carbocycles. The third-order valence-electron chi connectivity index (χ3n) is 3.46. The van der Waals surface area contributed by atoms with Crippen LogP contribution in [0, 0.1) is 11.8 Å². The van der Waals surface area contributed by atoms with Gasteiger partial charge in [-0.25, -0.2) is 4.79 Å². The summed E-state index contributed by atoms with van der Waals surface area (Å²) in [6.45, 7) is 3.45. The van der Waals surface area contributed by atoms with E-state index in [0.29, 0.717) is 5.06 Å². The van der Waals surface area contributed by atoms with Crippen LogP contribution < -0.4 is 0 Å². The van der Waals surface area contributed by atoms with E-state index in [9.17, 15) is 14.4 Å². The third kappa shape index (κ3) is 1.71. The van der Waals surface area contributed by atoms with E-state index >= 15 is 0 Å². The maximum absolute atomic E-state index is 12.1. The molecular weight excluding hydrogens is 250 g/mol. The van der Waals surface area contributed by atoms with Crippen LogP contribution in [0.15, 0.2) is 23.8 Å². The summed E-state index contributed by atoms with van der Waals surface area (Å²) in [5.74, 6) is -2.82. The molecule has 0 spiro atoms. The highest BCUT2D eigenvalue weighted by atomic mass is 16.7. The molecule has 3 heterocycles. The van der Waals surface area contributed by atoms with Gasteiger partial charge in [0.15, 0.2) is 0 Å². The zero-order valence-electron chi connectivity index (χ0n) is 10.5. The van der Waals surface area contributed by atoms with Crippen LogP contribution in [0.5, 0.6) is 0 Å². The summed E-state index contributed by atoms with van der Waals surface area (Å²) in [6, 6.07) is 0. The Bertz CT molecular complexity index is 501. The Labute approximate surface area is 109 Å². The molecule has 0 saturated carbocycles. The van der Waals surface area contributed by atoms with Crippen LogP contribution in [0.3, 0.4) is 0 Å². The van der Waals surface area contributed by atoms with Gasteiger partial charge in [0.2, 0.25) is 0 Å². The molecule has 19 heavy (non-hydrogen) atoms. The van der Waals surface area contributed by atoms with E-state index in [1.165, 1.54) is 6.08 Å². The monoisotopic (exact) mass is 263 g/mol. The summed E-state index contributed by atoms with van der Waals surface area (Å²) >= 11 is 0. The molecule has 2 bridgehead atoms. The van der Waals surface area contributed by atoms with E-state index in [4.69, 9.17) is 9.57 Å². The molecule has 0 aromatic heterocycles. The molecule has 100 valence electrons. The van der Waals surface area contributed by atoms with Crippen molar-refractivity contribution in [3.05, 3.63) is 23.8 Å². The standard InChI is InChI=1S/C13H13NO5/c1-6(2)5-9(15)19-14-12(16)10-7-3-4-8(18-7)11(10)13(14)17/h3-5,7-8,10-11H,1-2H3/t7-,8-,10-,11-/m1/s1. The first-order valence-corrected chi connectivity index (χ1v) is 6.07. The second-order valence-corrected chi connectivity index (χ2v) is 5.10. The van der Waals surface area contributed by atoms with E-state index < -0.39 is 29.6 Å². The molecule has 0 aliphatic carbocycles. The Morgan fingerprint density at radius 3 is 2.21 bits per heavy atom. The van der Waals surface area contributed by atoms with Crippen molar-refractivity contribution in [3.63, 3.8) is 0 Å². The Morgan fingerprint density at radius 2 is 1.74 bits per heavy atom. The maximum Gasteiger partial charge on any atom is 0.356 e. The summed E-state index contributed by atoms with van der Waals surface area (Å²) in [5.41, 5.74) is 0.731. The zero-order valence-corrected chi connectivity index (χ0v) is 10.5. The number of rotatable bonds is 2. The van der Waals surface area contributed by atoms with Crippen molar-refractivity contribution in [1.29, 1.82) is 0 Å². The highest BCUT2D eigenvalue weighted by Crippen LogP contribution is 2.45. The maximum atomic E-state index is 12.1. The summed E-state index contributed by atoms with van der Waals surface area (Å²) in [7, 11) is 0. The fourth-order valence-corrected chi connectivity index (χ4v) is 2.72. The summed E-state index contributed by atoms with van der Waals surface area (Å²) in [6.07, 6.45) is 4.03. The first-order valence-electron chi connectivity index (χ1n) is 6.07. The van der Waals surface area contributed by atoms with Crippen LogP contribution in [0.1, 0.15) is 13.8 Å². The van der Waals surface area contributed by atoms with Crippen molar-refractivity contribution in [3.8, 4) is 0 Å². The minimum atomic E-state index is -0.720. The number of fused-ring (bicyclic) bond motifs is 5. The fourth-order valence-electron chi connectivity index (χ4n) is 2.72. The molecule has 0 aromatic rings. The topological polar surface area (TPSA) is 72.9 Å². The lowest BCUT2D eigenvalue weighted by Gasteiger charge is -2.15. The van der Waals surface area contributed by atoms with Gasteiger partial charge < -0.3 is 9.57 Å². The van der Waals surface area contributed by atoms with Crippen molar-refractivity contribution in [1.82, 2.24) is 5.06 Å². The average Bonchev–Trinajstić information content (AvgIpc) is 2.97. The quantitative estimate of drug-likeness (QED) is 0.408.